The molecule has 0 aliphatic heterocycles. The van der Waals surface area contributed by atoms with Gasteiger partial charge in [-0.3, -0.25) is 0 Å². The highest BCUT2D eigenvalue weighted by Gasteiger charge is 2.29. The fourth-order valence-corrected chi connectivity index (χ4v) is 5.68. The molecule has 1 heterocycles. The lowest BCUT2D eigenvalue weighted by atomic mass is 9.96. The van der Waals surface area contributed by atoms with E-state index < -0.39 is 10.0 Å². The molecule has 1 saturated carbocycles. The lowest BCUT2D eigenvalue weighted by molar-refractivity contribution is 0.285. The molecule has 1 fully saturated rings. The summed E-state index contributed by atoms with van der Waals surface area (Å²) in [4.78, 5) is 4.65. The van der Waals surface area contributed by atoms with E-state index in [1.54, 1.807) is 42.4 Å². The van der Waals surface area contributed by atoms with Gasteiger partial charge in [0, 0.05) is 25.0 Å². The number of nitrogens with zero attached hydrogens (tertiary/aromatic N) is 2. The number of hydrogen-bond acceptors (Lipinski definition) is 5. The van der Waals surface area contributed by atoms with Crippen LogP contribution < -0.4 is 4.74 Å². The van der Waals surface area contributed by atoms with Crippen LogP contribution in [0.1, 0.15) is 37.7 Å². The second kappa shape index (κ2) is 9.76. The molecule has 0 saturated heterocycles. The second-order valence-electron chi connectivity index (χ2n) is 7.09. The monoisotopic (exact) mass is 420 g/mol. The number of sulfonamides is 1. The van der Waals surface area contributed by atoms with Crippen LogP contribution in [0, 0.1) is 0 Å². The van der Waals surface area contributed by atoms with Crippen LogP contribution in [0.15, 0.2) is 52.5 Å². The summed E-state index contributed by atoms with van der Waals surface area (Å²) in [6.45, 7) is 0. The van der Waals surface area contributed by atoms with Crippen LogP contribution in [-0.2, 0) is 16.4 Å². The maximum absolute atomic E-state index is 12.9. The molecule has 1 aliphatic carbocycles. The van der Waals surface area contributed by atoms with E-state index in [-0.39, 0.29) is 10.9 Å². The van der Waals surface area contributed by atoms with E-state index in [0.29, 0.717) is 0 Å². The van der Waals surface area contributed by atoms with Gasteiger partial charge in [0.1, 0.15) is 10.6 Å². The van der Waals surface area contributed by atoms with Crippen LogP contribution in [0.2, 0.25) is 0 Å². The smallest absolute Gasteiger partial charge is 0.244 e. The predicted molar refractivity (Wildman–Crippen MR) is 113 cm³/mol. The van der Waals surface area contributed by atoms with Gasteiger partial charge < -0.3 is 4.74 Å². The summed E-state index contributed by atoms with van der Waals surface area (Å²) >= 11 is 1.63. The lowest BCUT2D eigenvalue weighted by Gasteiger charge is -2.30. The summed E-state index contributed by atoms with van der Waals surface area (Å²) < 4.78 is 32.4. The molecule has 0 amide bonds. The summed E-state index contributed by atoms with van der Waals surface area (Å²) in [5, 5.41) is 0.841. The van der Waals surface area contributed by atoms with Gasteiger partial charge >= 0.3 is 0 Å². The first-order valence-corrected chi connectivity index (χ1v) is 12.1. The van der Waals surface area contributed by atoms with Gasteiger partial charge in [-0.05, 0) is 49.1 Å². The summed E-state index contributed by atoms with van der Waals surface area (Å²) in [6, 6.07) is 11.6. The predicted octanol–water partition coefficient (Wildman–Crippen LogP) is 4.38. The summed E-state index contributed by atoms with van der Waals surface area (Å²) in [5.74, 6) is 1.74. The van der Waals surface area contributed by atoms with E-state index >= 15 is 0 Å². The van der Waals surface area contributed by atoms with Crippen molar-refractivity contribution in [1.82, 2.24) is 9.29 Å². The molecule has 152 valence electrons. The van der Waals surface area contributed by atoms with E-state index in [1.165, 1.54) is 18.2 Å². The average molecular weight is 421 g/mol. The van der Waals surface area contributed by atoms with Crippen molar-refractivity contribution in [2.24, 2.45) is 0 Å². The van der Waals surface area contributed by atoms with Crippen molar-refractivity contribution in [1.29, 1.82) is 0 Å². The minimum Gasteiger partial charge on any atom is -0.497 e. The van der Waals surface area contributed by atoms with E-state index in [4.69, 9.17) is 4.74 Å². The van der Waals surface area contributed by atoms with Crippen molar-refractivity contribution in [2.75, 3.05) is 19.9 Å². The molecule has 0 spiro atoms. The Bertz CT molecular complexity index is 846. The van der Waals surface area contributed by atoms with Crippen molar-refractivity contribution in [3.8, 4) is 5.75 Å². The molecule has 2 aromatic rings. The highest BCUT2D eigenvalue weighted by molar-refractivity contribution is 7.99. The molecule has 1 aliphatic rings. The Balaban J connectivity index is 1.56. The topological polar surface area (TPSA) is 59.5 Å². The Labute approximate surface area is 172 Å². The van der Waals surface area contributed by atoms with Crippen LogP contribution in [0.3, 0.4) is 0 Å². The lowest BCUT2D eigenvalue weighted by Crippen LogP contribution is -2.38. The number of thioether (sulfide) groups is 1. The quantitative estimate of drug-likeness (QED) is 0.593. The molecule has 0 atom stereocenters. The molecule has 7 heteroatoms. The number of pyridine rings is 1. The summed E-state index contributed by atoms with van der Waals surface area (Å²) in [7, 11) is -0.118. The Kier molecular flexibility index (Phi) is 7.37. The van der Waals surface area contributed by atoms with Crippen molar-refractivity contribution in [2.45, 2.75) is 54.5 Å². The highest BCUT2D eigenvalue weighted by atomic mass is 32.2. The van der Waals surface area contributed by atoms with Gasteiger partial charge in [-0.2, -0.15) is 4.31 Å². The van der Waals surface area contributed by atoms with Crippen LogP contribution in [-0.4, -0.2) is 43.7 Å². The first kappa shape index (κ1) is 21.1. The number of aromatic nitrogens is 1. The van der Waals surface area contributed by atoms with E-state index in [9.17, 15) is 8.42 Å². The molecule has 1 aromatic carbocycles. The Morgan fingerprint density at radius 2 is 1.82 bits per heavy atom. The minimum absolute atomic E-state index is 0.109. The molecule has 28 heavy (non-hydrogen) atoms. The Morgan fingerprint density at radius 3 is 2.43 bits per heavy atom. The first-order chi connectivity index (χ1) is 13.5. The van der Waals surface area contributed by atoms with Crippen LogP contribution in [0.4, 0.5) is 0 Å². The van der Waals surface area contributed by atoms with Crippen molar-refractivity contribution >= 4 is 21.8 Å². The van der Waals surface area contributed by atoms with Crippen molar-refractivity contribution in [3.05, 3.63) is 48.2 Å². The standard InChI is InChI=1S/C21H28N2O3S2/c1-23(18-6-4-3-5-7-18)28(24,25)20-12-13-21(22-16-20)27-15-14-17-8-10-19(26-2)11-9-17/h8-13,16,18H,3-7,14-15H2,1-2H3. The third kappa shape index (κ3) is 5.27. The van der Waals surface area contributed by atoms with Gasteiger partial charge in [-0.1, -0.05) is 31.4 Å². The zero-order chi connectivity index (χ0) is 20.0. The average Bonchev–Trinajstić information content (AvgIpc) is 2.74. The van der Waals surface area contributed by atoms with E-state index in [0.717, 1.165) is 48.6 Å². The number of aryl methyl sites for hydroxylation is 1. The molecule has 0 radical (unpaired) electrons. The Morgan fingerprint density at radius 1 is 1.11 bits per heavy atom. The molecular formula is C21H28N2O3S2. The van der Waals surface area contributed by atoms with Crippen molar-refractivity contribution in [3.63, 3.8) is 0 Å². The normalized spacial score (nSPS) is 15.7. The van der Waals surface area contributed by atoms with E-state index in [1.807, 2.05) is 12.1 Å². The van der Waals surface area contributed by atoms with Gasteiger partial charge in [-0.15, -0.1) is 11.8 Å². The van der Waals surface area contributed by atoms with Crippen LogP contribution in [0.25, 0.3) is 0 Å². The van der Waals surface area contributed by atoms with Gasteiger partial charge in [0.2, 0.25) is 10.0 Å². The molecule has 3 rings (SSSR count). The van der Waals surface area contributed by atoms with Crippen molar-refractivity contribution < 1.29 is 13.2 Å². The molecule has 0 N–H and O–H groups in total. The maximum Gasteiger partial charge on any atom is 0.244 e. The summed E-state index contributed by atoms with van der Waals surface area (Å²) in [6.07, 6.45) is 7.71. The van der Waals surface area contributed by atoms with Crippen LogP contribution >= 0.6 is 11.8 Å². The third-order valence-electron chi connectivity index (χ3n) is 5.27. The SMILES string of the molecule is COc1ccc(CCSc2ccc(S(=O)(=O)N(C)C3CCCCC3)cn2)cc1. The molecular weight excluding hydrogens is 392 g/mol. The van der Waals surface area contributed by atoms with Crippen LogP contribution in [0.5, 0.6) is 5.75 Å². The minimum atomic E-state index is -3.48. The van der Waals surface area contributed by atoms with Gasteiger partial charge in [0.05, 0.1) is 12.1 Å². The van der Waals surface area contributed by atoms with E-state index in [2.05, 4.69) is 17.1 Å². The number of rotatable bonds is 8. The number of ether oxygens (including phenoxy) is 1. The van der Waals surface area contributed by atoms with Gasteiger partial charge in [-0.25, -0.2) is 13.4 Å². The number of benzene rings is 1. The number of methoxy groups -OCH3 is 1. The molecule has 1 aromatic heterocycles. The molecule has 5 nitrogen and oxygen atoms in total. The van der Waals surface area contributed by atoms with Gasteiger partial charge in [0.25, 0.3) is 0 Å². The zero-order valence-electron chi connectivity index (χ0n) is 16.5. The largest absolute Gasteiger partial charge is 0.497 e. The third-order valence-corrected chi connectivity index (χ3v) is 8.11. The molecule has 0 unspecified atom stereocenters. The summed E-state index contributed by atoms with van der Waals surface area (Å²) in [5.41, 5.74) is 1.24. The fraction of sp³-hybridized carbons (Fsp3) is 0.476. The highest BCUT2D eigenvalue weighted by Crippen LogP contribution is 2.27. The van der Waals surface area contributed by atoms with Gasteiger partial charge in [0.15, 0.2) is 0 Å². The maximum atomic E-state index is 12.9. The Hall–Kier alpha value is -1.57. The first-order valence-electron chi connectivity index (χ1n) is 9.70. The molecule has 0 bridgehead atoms. The number of hydrogen-bond donors (Lipinski definition) is 0. The second-order valence-corrected chi connectivity index (χ2v) is 10.2. The zero-order valence-corrected chi connectivity index (χ0v) is 18.1. The fourth-order valence-electron chi connectivity index (χ4n) is 3.48.